The number of nitrogens with zero attached hydrogens (tertiary/aromatic N) is 1. The van der Waals surface area contributed by atoms with Gasteiger partial charge >= 0.3 is 6.09 Å². The molecular formula is C24H27N3O5. The Morgan fingerprint density at radius 1 is 1.06 bits per heavy atom. The minimum absolute atomic E-state index is 0.222. The molecule has 0 bridgehead atoms. The Hall–Kier alpha value is -3.78. The first kappa shape index (κ1) is 22.9. The number of aromatic nitrogens is 1. The maximum absolute atomic E-state index is 12.6. The van der Waals surface area contributed by atoms with Crippen molar-refractivity contribution in [3.05, 3.63) is 76.6 Å². The lowest BCUT2D eigenvalue weighted by molar-refractivity contribution is 0.0634. The Labute approximate surface area is 186 Å². The Kier molecular flexibility index (Phi) is 6.85. The summed E-state index contributed by atoms with van der Waals surface area (Å²) >= 11 is 0. The van der Waals surface area contributed by atoms with Crippen LogP contribution in [0, 0.1) is 0 Å². The van der Waals surface area contributed by atoms with Crippen molar-refractivity contribution >= 4 is 17.6 Å². The summed E-state index contributed by atoms with van der Waals surface area (Å²) in [7, 11) is 1.58. The number of hydrogen-bond donors (Lipinski definition) is 3. The molecule has 3 N–H and O–H groups in total. The van der Waals surface area contributed by atoms with Gasteiger partial charge in [-0.15, -0.1) is 0 Å². The highest BCUT2D eigenvalue weighted by atomic mass is 16.6. The quantitative estimate of drug-likeness (QED) is 0.482. The van der Waals surface area contributed by atoms with Crippen LogP contribution in [-0.2, 0) is 11.3 Å². The number of amides is 1. The SMILES string of the molecule is COc1ccc(Cn2c(NC(=O)OC(C)(C)C)cccc2=O)cc1-c1cccc(NO)c1. The van der Waals surface area contributed by atoms with Crippen molar-refractivity contribution < 1.29 is 19.5 Å². The van der Waals surface area contributed by atoms with E-state index in [1.165, 1.54) is 10.6 Å². The lowest BCUT2D eigenvalue weighted by atomic mass is 10.0. The van der Waals surface area contributed by atoms with Gasteiger partial charge in [-0.1, -0.05) is 24.3 Å². The molecule has 1 heterocycles. The molecule has 168 valence electrons. The number of anilines is 2. The van der Waals surface area contributed by atoms with E-state index in [0.717, 1.165) is 16.7 Å². The number of nitrogens with one attached hydrogen (secondary N) is 2. The van der Waals surface area contributed by atoms with E-state index in [1.807, 2.05) is 30.3 Å². The standard InChI is InChI=1S/C24H27N3O5/c1-24(2,3)32-23(29)25-21-9-6-10-22(28)27(21)15-16-11-12-20(31-4)19(13-16)17-7-5-8-18(14-17)26-30/h5-14,26,30H,15H2,1-4H3,(H,25,29). The van der Waals surface area contributed by atoms with Crippen molar-refractivity contribution in [2.75, 3.05) is 17.9 Å². The number of rotatable bonds is 6. The van der Waals surface area contributed by atoms with E-state index in [9.17, 15) is 14.8 Å². The number of hydrogen-bond acceptors (Lipinski definition) is 6. The van der Waals surface area contributed by atoms with Crippen LogP contribution in [0.15, 0.2) is 65.5 Å². The highest BCUT2D eigenvalue weighted by molar-refractivity contribution is 5.83. The van der Waals surface area contributed by atoms with Crippen LogP contribution in [0.1, 0.15) is 26.3 Å². The maximum Gasteiger partial charge on any atom is 0.413 e. The summed E-state index contributed by atoms with van der Waals surface area (Å²) in [4.78, 5) is 24.8. The van der Waals surface area contributed by atoms with Crippen LogP contribution >= 0.6 is 0 Å². The van der Waals surface area contributed by atoms with Crippen LogP contribution in [-0.4, -0.2) is 28.6 Å². The minimum atomic E-state index is -0.660. The lowest BCUT2D eigenvalue weighted by Gasteiger charge is -2.21. The molecule has 1 amide bonds. The van der Waals surface area contributed by atoms with Gasteiger partial charge in [-0.05, 0) is 62.2 Å². The fourth-order valence-corrected chi connectivity index (χ4v) is 3.22. The molecule has 0 aliphatic carbocycles. The molecule has 0 spiro atoms. The van der Waals surface area contributed by atoms with E-state index in [0.29, 0.717) is 17.3 Å². The summed E-state index contributed by atoms with van der Waals surface area (Å²) < 4.78 is 12.3. The summed E-state index contributed by atoms with van der Waals surface area (Å²) in [5.41, 5.74) is 4.21. The smallest absolute Gasteiger partial charge is 0.413 e. The lowest BCUT2D eigenvalue weighted by Crippen LogP contribution is -2.30. The van der Waals surface area contributed by atoms with Gasteiger partial charge in [0.1, 0.15) is 17.2 Å². The molecule has 2 aromatic carbocycles. The molecule has 0 saturated carbocycles. The van der Waals surface area contributed by atoms with Gasteiger partial charge in [0, 0.05) is 11.6 Å². The fraction of sp³-hybridized carbons (Fsp3) is 0.250. The summed E-state index contributed by atoms with van der Waals surface area (Å²) in [5.74, 6) is 0.979. The molecule has 0 aliphatic heterocycles. The third kappa shape index (κ3) is 5.67. The summed E-state index contributed by atoms with van der Waals surface area (Å²) in [5, 5.41) is 11.9. The average molecular weight is 437 g/mol. The van der Waals surface area contributed by atoms with E-state index in [4.69, 9.17) is 9.47 Å². The van der Waals surface area contributed by atoms with Crippen molar-refractivity contribution in [1.29, 1.82) is 0 Å². The predicted octanol–water partition coefficient (Wildman–Crippen LogP) is 4.72. The minimum Gasteiger partial charge on any atom is -0.496 e. The number of carbonyl (C=O) groups excluding carboxylic acids is 1. The first-order chi connectivity index (χ1) is 15.2. The van der Waals surface area contributed by atoms with Gasteiger partial charge < -0.3 is 9.47 Å². The summed E-state index contributed by atoms with van der Waals surface area (Å²) in [6.45, 7) is 5.53. The molecule has 0 saturated heterocycles. The fourth-order valence-electron chi connectivity index (χ4n) is 3.22. The third-order valence-corrected chi connectivity index (χ3v) is 4.59. The molecule has 3 rings (SSSR count). The van der Waals surface area contributed by atoms with Crippen LogP contribution in [0.4, 0.5) is 16.3 Å². The average Bonchev–Trinajstić information content (AvgIpc) is 2.74. The Morgan fingerprint density at radius 2 is 1.81 bits per heavy atom. The number of pyridine rings is 1. The zero-order chi connectivity index (χ0) is 23.3. The van der Waals surface area contributed by atoms with Gasteiger partial charge in [-0.3, -0.25) is 25.4 Å². The normalized spacial score (nSPS) is 11.0. The molecule has 32 heavy (non-hydrogen) atoms. The predicted molar refractivity (Wildman–Crippen MR) is 123 cm³/mol. The summed E-state index contributed by atoms with van der Waals surface area (Å²) in [6, 6.07) is 17.5. The number of benzene rings is 2. The monoisotopic (exact) mass is 437 g/mol. The highest BCUT2D eigenvalue weighted by Crippen LogP contribution is 2.32. The molecule has 0 unspecified atom stereocenters. The number of ether oxygens (including phenoxy) is 2. The maximum atomic E-state index is 12.6. The van der Waals surface area contributed by atoms with Gasteiger partial charge in [0.15, 0.2) is 0 Å². The first-order valence-corrected chi connectivity index (χ1v) is 10.1. The topological polar surface area (TPSA) is 102 Å². The van der Waals surface area contributed by atoms with Gasteiger partial charge in [-0.2, -0.15) is 0 Å². The van der Waals surface area contributed by atoms with E-state index in [2.05, 4.69) is 10.8 Å². The molecule has 8 heteroatoms. The van der Waals surface area contributed by atoms with Crippen molar-refractivity contribution in [2.45, 2.75) is 32.9 Å². The van der Waals surface area contributed by atoms with Crippen molar-refractivity contribution in [1.82, 2.24) is 4.57 Å². The molecule has 0 aliphatic rings. The van der Waals surface area contributed by atoms with Crippen molar-refractivity contribution in [3.8, 4) is 16.9 Å². The van der Waals surface area contributed by atoms with E-state index >= 15 is 0 Å². The number of carbonyl (C=O) groups is 1. The molecule has 0 atom stereocenters. The largest absolute Gasteiger partial charge is 0.496 e. The molecule has 1 aromatic heterocycles. The second-order valence-electron chi connectivity index (χ2n) is 8.19. The second-order valence-corrected chi connectivity index (χ2v) is 8.19. The summed E-state index contributed by atoms with van der Waals surface area (Å²) in [6.07, 6.45) is -0.638. The zero-order valence-electron chi connectivity index (χ0n) is 18.5. The van der Waals surface area contributed by atoms with Crippen LogP contribution in [0.5, 0.6) is 5.75 Å². The van der Waals surface area contributed by atoms with Crippen LogP contribution in [0.2, 0.25) is 0 Å². The Balaban J connectivity index is 1.95. The Morgan fingerprint density at radius 3 is 2.50 bits per heavy atom. The molecule has 0 radical (unpaired) electrons. The number of methoxy groups -OCH3 is 1. The van der Waals surface area contributed by atoms with Gasteiger partial charge in [0.05, 0.1) is 19.3 Å². The van der Waals surface area contributed by atoms with Crippen LogP contribution < -0.4 is 21.1 Å². The second kappa shape index (κ2) is 9.57. The van der Waals surface area contributed by atoms with Gasteiger partial charge in [0.2, 0.25) is 0 Å². The van der Waals surface area contributed by atoms with Gasteiger partial charge in [0.25, 0.3) is 5.56 Å². The zero-order valence-corrected chi connectivity index (χ0v) is 18.5. The molecular weight excluding hydrogens is 410 g/mol. The van der Waals surface area contributed by atoms with Crippen LogP contribution in [0.25, 0.3) is 11.1 Å². The van der Waals surface area contributed by atoms with Crippen LogP contribution in [0.3, 0.4) is 0 Å². The molecule has 8 nitrogen and oxygen atoms in total. The molecule has 3 aromatic rings. The third-order valence-electron chi connectivity index (χ3n) is 4.59. The Bertz CT molecular complexity index is 1160. The van der Waals surface area contributed by atoms with Crippen molar-refractivity contribution in [3.63, 3.8) is 0 Å². The van der Waals surface area contributed by atoms with E-state index in [1.54, 1.807) is 52.1 Å². The van der Waals surface area contributed by atoms with E-state index < -0.39 is 11.7 Å². The first-order valence-electron chi connectivity index (χ1n) is 10.1. The van der Waals surface area contributed by atoms with E-state index in [-0.39, 0.29) is 12.1 Å². The molecule has 0 fully saturated rings. The van der Waals surface area contributed by atoms with Gasteiger partial charge in [-0.25, -0.2) is 4.79 Å². The van der Waals surface area contributed by atoms with Crippen molar-refractivity contribution in [2.24, 2.45) is 0 Å². The highest BCUT2D eigenvalue weighted by Gasteiger charge is 2.18.